The average Bonchev–Trinajstić information content (AvgIpc) is 2.74. The fourth-order valence-corrected chi connectivity index (χ4v) is 2.30. The van der Waals surface area contributed by atoms with Crippen molar-refractivity contribution in [3.8, 4) is 22.8 Å². The molecular weight excluding hydrogens is 232 g/mol. The summed E-state index contributed by atoms with van der Waals surface area (Å²) in [6, 6.07) is 3.82. The molecule has 0 aliphatic heterocycles. The van der Waals surface area contributed by atoms with Gasteiger partial charge in [0, 0.05) is 18.2 Å². The topological polar surface area (TPSA) is 64.2 Å². The van der Waals surface area contributed by atoms with Gasteiger partial charge in [-0.2, -0.15) is 0 Å². The summed E-state index contributed by atoms with van der Waals surface area (Å²) in [7, 11) is 3.20. The van der Waals surface area contributed by atoms with Crippen LogP contribution in [-0.2, 0) is 6.42 Å². The van der Waals surface area contributed by atoms with E-state index in [0.29, 0.717) is 11.5 Å². The minimum absolute atomic E-state index is 0.337. The molecule has 1 heterocycles. The molecule has 1 aromatic carbocycles. The number of ether oxygens (including phenoxy) is 2. The van der Waals surface area contributed by atoms with Crippen LogP contribution in [0.1, 0.15) is 11.1 Å². The van der Waals surface area contributed by atoms with Crippen LogP contribution in [0.4, 0.5) is 0 Å². The third-order valence-corrected chi connectivity index (χ3v) is 3.15. The summed E-state index contributed by atoms with van der Waals surface area (Å²) in [4.78, 5) is 17.8. The zero-order valence-corrected chi connectivity index (χ0v) is 10.1. The maximum absolute atomic E-state index is 11.3. The zero-order valence-electron chi connectivity index (χ0n) is 10.1. The molecule has 1 aromatic heterocycles. The molecule has 92 valence electrons. The first-order chi connectivity index (χ1) is 8.72. The van der Waals surface area contributed by atoms with Crippen molar-refractivity contribution in [3.05, 3.63) is 39.9 Å². The van der Waals surface area contributed by atoms with E-state index in [-0.39, 0.29) is 5.69 Å². The SMILES string of the molecule is COc1cc2c(cc1OC)-c1[nH]c(=O)ncc1C2. The Morgan fingerprint density at radius 2 is 1.89 bits per heavy atom. The number of nitrogens with zero attached hydrogens (tertiary/aromatic N) is 1. The lowest BCUT2D eigenvalue weighted by Crippen LogP contribution is -2.10. The first-order valence-electron chi connectivity index (χ1n) is 5.56. The van der Waals surface area contributed by atoms with E-state index in [2.05, 4.69) is 9.97 Å². The summed E-state index contributed by atoms with van der Waals surface area (Å²) in [5, 5.41) is 0. The number of aromatic amines is 1. The summed E-state index contributed by atoms with van der Waals surface area (Å²) >= 11 is 0. The van der Waals surface area contributed by atoms with E-state index in [4.69, 9.17) is 9.47 Å². The normalized spacial score (nSPS) is 11.9. The second kappa shape index (κ2) is 3.87. The van der Waals surface area contributed by atoms with Gasteiger partial charge >= 0.3 is 5.69 Å². The Labute approximate surface area is 103 Å². The van der Waals surface area contributed by atoms with Crippen molar-refractivity contribution in [1.29, 1.82) is 0 Å². The van der Waals surface area contributed by atoms with Gasteiger partial charge in [-0.25, -0.2) is 9.78 Å². The van der Waals surface area contributed by atoms with Crippen molar-refractivity contribution in [2.24, 2.45) is 0 Å². The van der Waals surface area contributed by atoms with E-state index in [0.717, 1.165) is 28.8 Å². The van der Waals surface area contributed by atoms with Crippen molar-refractivity contribution in [2.45, 2.75) is 6.42 Å². The maximum Gasteiger partial charge on any atom is 0.345 e. The third kappa shape index (κ3) is 1.48. The van der Waals surface area contributed by atoms with Crippen LogP contribution < -0.4 is 15.2 Å². The van der Waals surface area contributed by atoms with Gasteiger partial charge in [0.15, 0.2) is 11.5 Å². The van der Waals surface area contributed by atoms with Crippen LogP contribution in [0.3, 0.4) is 0 Å². The average molecular weight is 244 g/mol. The summed E-state index contributed by atoms with van der Waals surface area (Å²) in [6.07, 6.45) is 2.36. The highest BCUT2D eigenvalue weighted by molar-refractivity contribution is 5.76. The minimum atomic E-state index is -0.337. The van der Waals surface area contributed by atoms with Gasteiger partial charge in [-0.3, -0.25) is 0 Å². The molecule has 2 aromatic rings. The molecule has 0 radical (unpaired) electrons. The van der Waals surface area contributed by atoms with Crippen molar-refractivity contribution >= 4 is 0 Å². The largest absolute Gasteiger partial charge is 0.493 e. The molecule has 1 N–H and O–H groups in total. The number of methoxy groups -OCH3 is 2. The Hall–Kier alpha value is -2.30. The summed E-state index contributed by atoms with van der Waals surface area (Å²) in [5.41, 5.74) is 3.58. The fraction of sp³-hybridized carbons (Fsp3) is 0.231. The van der Waals surface area contributed by atoms with Gasteiger partial charge in [0.05, 0.1) is 19.9 Å². The molecule has 1 aliphatic rings. The molecule has 0 bridgehead atoms. The predicted molar refractivity (Wildman–Crippen MR) is 66.2 cm³/mol. The Morgan fingerprint density at radius 1 is 1.17 bits per heavy atom. The molecule has 0 unspecified atom stereocenters. The number of aromatic nitrogens is 2. The molecule has 3 rings (SSSR count). The van der Waals surface area contributed by atoms with Crippen LogP contribution in [0, 0.1) is 0 Å². The predicted octanol–water partition coefficient (Wildman–Crippen LogP) is 1.36. The van der Waals surface area contributed by atoms with Crippen LogP contribution in [0.15, 0.2) is 23.1 Å². The van der Waals surface area contributed by atoms with Crippen LogP contribution in [0.25, 0.3) is 11.3 Å². The standard InChI is InChI=1S/C13H12N2O3/c1-17-10-4-7-3-8-6-14-13(16)15-12(8)9(7)5-11(10)18-2/h4-6H,3H2,1-2H3,(H,14,15,16). The number of fused-ring (bicyclic) bond motifs is 3. The van der Waals surface area contributed by atoms with Crippen molar-refractivity contribution < 1.29 is 9.47 Å². The third-order valence-electron chi connectivity index (χ3n) is 3.15. The number of nitrogens with one attached hydrogen (secondary N) is 1. The van der Waals surface area contributed by atoms with E-state index in [1.54, 1.807) is 20.4 Å². The second-order valence-electron chi connectivity index (χ2n) is 4.13. The Balaban J connectivity index is 2.24. The van der Waals surface area contributed by atoms with Gasteiger partial charge in [-0.15, -0.1) is 0 Å². The molecule has 0 spiro atoms. The highest BCUT2D eigenvalue weighted by Gasteiger charge is 2.22. The second-order valence-corrected chi connectivity index (χ2v) is 4.13. The summed E-state index contributed by atoms with van der Waals surface area (Å²) in [6.45, 7) is 0. The molecule has 18 heavy (non-hydrogen) atoms. The Bertz CT molecular complexity index is 676. The van der Waals surface area contributed by atoms with Gasteiger partial charge in [-0.05, 0) is 23.3 Å². The smallest absolute Gasteiger partial charge is 0.345 e. The summed E-state index contributed by atoms with van der Waals surface area (Å²) in [5.74, 6) is 1.35. The van der Waals surface area contributed by atoms with Gasteiger partial charge in [0.25, 0.3) is 0 Å². The van der Waals surface area contributed by atoms with Gasteiger partial charge in [0.2, 0.25) is 0 Å². The Kier molecular flexibility index (Phi) is 2.33. The summed E-state index contributed by atoms with van der Waals surface area (Å²) < 4.78 is 10.5. The lowest BCUT2D eigenvalue weighted by molar-refractivity contribution is 0.355. The van der Waals surface area contributed by atoms with Gasteiger partial charge < -0.3 is 14.5 Å². The Morgan fingerprint density at radius 3 is 2.61 bits per heavy atom. The lowest BCUT2D eigenvalue weighted by atomic mass is 10.1. The van der Waals surface area contributed by atoms with Crippen LogP contribution in [0.5, 0.6) is 11.5 Å². The highest BCUT2D eigenvalue weighted by Crippen LogP contribution is 2.40. The quantitative estimate of drug-likeness (QED) is 0.739. The number of rotatable bonds is 2. The van der Waals surface area contributed by atoms with Crippen LogP contribution in [0.2, 0.25) is 0 Å². The first kappa shape index (κ1) is 10.8. The maximum atomic E-state index is 11.3. The molecule has 0 atom stereocenters. The highest BCUT2D eigenvalue weighted by atomic mass is 16.5. The van der Waals surface area contributed by atoms with Crippen molar-refractivity contribution in [2.75, 3.05) is 14.2 Å². The molecule has 0 saturated carbocycles. The van der Waals surface area contributed by atoms with Crippen LogP contribution >= 0.6 is 0 Å². The zero-order chi connectivity index (χ0) is 12.7. The van der Waals surface area contributed by atoms with E-state index >= 15 is 0 Å². The molecule has 0 fully saturated rings. The van der Waals surface area contributed by atoms with Crippen LogP contribution in [-0.4, -0.2) is 24.2 Å². The van der Waals surface area contributed by atoms with E-state index in [1.165, 1.54) is 0 Å². The van der Waals surface area contributed by atoms with E-state index < -0.39 is 0 Å². The fourth-order valence-electron chi connectivity index (χ4n) is 2.30. The molecule has 5 nitrogen and oxygen atoms in total. The van der Waals surface area contributed by atoms with Crippen molar-refractivity contribution in [1.82, 2.24) is 9.97 Å². The lowest BCUT2D eigenvalue weighted by Gasteiger charge is -2.10. The first-order valence-corrected chi connectivity index (χ1v) is 5.56. The van der Waals surface area contributed by atoms with Crippen molar-refractivity contribution in [3.63, 3.8) is 0 Å². The molecular formula is C13H12N2O3. The molecule has 5 heteroatoms. The number of hydrogen-bond donors (Lipinski definition) is 1. The monoisotopic (exact) mass is 244 g/mol. The number of benzene rings is 1. The number of hydrogen-bond acceptors (Lipinski definition) is 4. The van der Waals surface area contributed by atoms with E-state index in [9.17, 15) is 4.79 Å². The van der Waals surface area contributed by atoms with Gasteiger partial charge in [0.1, 0.15) is 0 Å². The number of H-pyrrole nitrogens is 1. The molecule has 1 aliphatic carbocycles. The minimum Gasteiger partial charge on any atom is -0.493 e. The molecule has 0 amide bonds. The molecule has 0 saturated heterocycles. The van der Waals surface area contributed by atoms with Gasteiger partial charge in [-0.1, -0.05) is 0 Å². The van der Waals surface area contributed by atoms with E-state index in [1.807, 2.05) is 12.1 Å².